The van der Waals surface area contributed by atoms with E-state index in [4.69, 9.17) is 34.8 Å². The van der Waals surface area contributed by atoms with E-state index in [-0.39, 0.29) is 17.7 Å². The SMILES string of the molecule is C[C@H]([C@H]1C[C@H]2CC[C@H]1C2)n1c(SCC(=O)Nc2cc(Cl)c(Cl)cc2Cl)nnc1-c1cccs1. The summed E-state index contributed by atoms with van der Waals surface area (Å²) in [4.78, 5) is 13.8. The van der Waals surface area contributed by atoms with E-state index in [2.05, 4.69) is 38.5 Å². The highest BCUT2D eigenvalue weighted by atomic mass is 35.5. The number of anilines is 1. The van der Waals surface area contributed by atoms with Gasteiger partial charge in [-0.2, -0.15) is 0 Å². The topological polar surface area (TPSA) is 59.8 Å². The van der Waals surface area contributed by atoms with Gasteiger partial charge < -0.3 is 5.32 Å². The van der Waals surface area contributed by atoms with Crippen molar-refractivity contribution in [2.24, 2.45) is 17.8 Å². The molecule has 0 unspecified atom stereocenters. The summed E-state index contributed by atoms with van der Waals surface area (Å²) in [6, 6.07) is 7.47. The predicted molar refractivity (Wildman–Crippen MR) is 138 cm³/mol. The van der Waals surface area contributed by atoms with Crippen LogP contribution in [0, 0.1) is 17.8 Å². The molecule has 0 aliphatic heterocycles. The summed E-state index contributed by atoms with van der Waals surface area (Å²) in [5.41, 5.74) is 0.438. The normalized spacial score (nSPS) is 22.6. The number of aromatic nitrogens is 3. The zero-order valence-electron chi connectivity index (χ0n) is 17.9. The smallest absolute Gasteiger partial charge is 0.234 e. The van der Waals surface area contributed by atoms with Crippen LogP contribution in [0.5, 0.6) is 0 Å². The molecule has 5 nitrogen and oxygen atoms in total. The molecule has 1 N–H and O–H groups in total. The Kier molecular flexibility index (Phi) is 6.96. The van der Waals surface area contributed by atoms with Gasteiger partial charge in [-0.05, 0) is 67.5 Å². The molecule has 2 bridgehead atoms. The van der Waals surface area contributed by atoms with E-state index in [0.717, 1.165) is 27.7 Å². The number of carbonyl (C=O) groups is 1. The highest BCUT2D eigenvalue weighted by Gasteiger charge is 2.43. The summed E-state index contributed by atoms with van der Waals surface area (Å²) < 4.78 is 2.25. The van der Waals surface area contributed by atoms with Crippen LogP contribution in [0.25, 0.3) is 10.7 Å². The predicted octanol–water partition coefficient (Wildman–Crippen LogP) is 7.69. The Labute approximate surface area is 216 Å². The number of fused-ring (bicyclic) bond motifs is 2. The molecule has 174 valence electrons. The van der Waals surface area contributed by atoms with Crippen molar-refractivity contribution < 1.29 is 4.79 Å². The minimum absolute atomic E-state index is 0.183. The fourth-order valence-electron chi connectivity index (χ4n) is 5.33. The number of carbonyl (C=O) groups excluding carboxylic acids is 1. The van der Waals surface area contributed by atoms with Gasteiger partial charge in [-0.15, -0.1) is 21.5 Å². The van der Waals surface area contributed by atoms with Gasteiger partial charge >= 0.3 is 0 Å². The maximum absolute atomic E-state index is 12.7. The Morgan fingerprint density at radius 3 is 2.73 bits per heavy atom. The van der Waals surface area contributed by atoms with Crippen LogP contribution in [0.2, 0.25) is 15.1 Å². The molecular weight excluding hydrogens is 519 g/mol. The number of thioether (sulfide) groups is 1. The van der Waals surface area contributed by atoms with Gasteiger partial charge in [0.1, 0.15) is 0 Å². The third-order valence-electron chi connectivity index (χ3n) is 6.84. The van der Waals surface area contributed by atoms with Gasteiger partial charge in [0.25, 0.3) is 0 Å². The van der Waals surface area contributed by atoms with Crippen molar-refractivity contribution >= 4 is 69.5 Å². The second-order valence-corrected chi connectivity index (χ2v) is 11.9. The standard InChI is InChI=1S/C23H23Cl3N4OS2/c1-12(15-8-13-4-5-14(15)7-13)30-22(20-3-2-6-32-20)28-29-23(30)33-11-21(31)27-19-10-17(25)16(24)9-18(19)26/h2-3,6,9-10,12-15H,4-5,7-8,11H2,1H3,(H,27,31)/t12-,13+,14+,15-/m1/s1. The quantitative estimate of drug-likeness (QED) is 0.246. The molecule has 33 heavy (non-hydrogen) atoms. The van der Waals surface area contributed by atoms with Gasteiger partial charge in [0.05, 0.1) is 31.4 Å². The molecule has 0 spiro atoms. The van der Waals surface area contributed by atoms with Crippen LogP contribution >= 0.6 is 57.9 Å². The minimum Gasteiger partial charge on any atom is -0.324 e. The molecule has 0 saturated heterocycles. The Morgan fingerprint density at radius 2 is 2.03 bits per heavy atom. The van der Waals surface area contributed by atoms with Gasteiger partial charge in [0, 0.05) is 6.04 Å². The molecule has 5 rings (SSSR count). The number of thiophene rings is 1. The lowest BCUT2D eigenvalue weighted by Gasteiger charge is -2.30. The first-order valence-electron chi connectivity index (χ1n) is 11.0. The number of hydrogen-bond acceptors (Lipinski definition) is 5. The molecule has 0 radical (unpaired) electrons. The van der Waals surface area contributed by atoms with Crippen LogP contribution in [0.3, 0.4) is 0 Å². The number of nitrogens with zero attached hydrogens (tertiary/aromatic N) is 3. The van der Waals surface area contributed by atoms with E-state index in [1.165, 1.54) is 43.5 Å². The van der Waals surface area contributed by atoms with Crippen molar-refractivity contribution in [3.05, 3.63) is 44.7 Å². The summed E-state index contributed by atoms with van der Waals surface area (Å²) in [6.07, 6.45) is 5.31. The van der Waals surface area contributed by atoms with E-state index < -0.39 is 0 Å². The van der Waals surface area contributed by atoms with Crippen LogP contribution in [0.1, 0.15) is 38.6 Å². The number of nitrogens with one attached hydrogen (secondary N) is 1. The van der Waals surface area contributed by atoms with E-state index in [1.54, 1.807) is 17.4 Å². The second-order valence-electron chi connectivity index (χ2n) is 8.82. The minimum atomic E-state index is -0.194. The molecule has 2 heterocycles. The Balaban J connectivity index is 1.35. The lowest BCUT2D eigenvalue weighted by molar-refractivity contribution is -0.113. The maximum atomic E-state index is 12.7. The molecule has 2 saturated carbocycles. The Morgan fingerprint density at radius 1 is 1.21 bits per heavy atom. The van der Waals surface area contributed by atoms with Crippen LogP contribution in [-0.4, -0.2) is 26.4 Å². The molecule has 1 amide bonds. The van der Waals surface area contributed by atoms with Crippen molar-refractivity contribution in [2.45, 2.75) is 43.8 Å². The van der Waals surface area contributed by atoms with Gasteiger partial charge in [0.2, 0.25) is 5.91 Å². The fraction of sp³-hybridized carbons (Fsp3) is 0.435. The van der Waals surface area contributed by atoms with E-state index in [1.807, 2.05) is 6.07 Å². The molecule has 2 aromatic heterocycles. The molecule has 3 aromatic rings. The first-order chi connectivity index (χ1) is 15.9. The van der Waals surface area contributed by atoms with Crippen molar-refractivity contribution in [1.29, 1.82) is 0 Å². The average Bonchev–Trinajstić information content (AvgIpc) is 3.59. The summed E-state index contributed by atoms with van der Waals surface area (Å²) >= 11 is 21.3. The number of amides is 1. The molecule has 2 aliphatic carbocycles. The molecule has 4 atom stereocenters. The van der Waals surface area contributed by atoms with Crippen LogP contribution in [0.4, 0.5) is 5.69 Å². The van der Waals surface area contributed by atoms with Crippen LogP contribution < -0.4 is 5.32 Å². The molecule has 1 aromatic carbocycles. The molecular formula is C23H23Cl3N4OS2. The summed E-state index contributed by atoms with van der Waals surface area (Å²) in [7, 11) is 0. The first kappa shape index (κ1) is 23.5. The van der Waals surface area contributed by atoms with Crippen LogP contribution in [-0.2, 0) is 4.79 Å². The monoisotopic (exact) mass is 540 g/mol. The number of rotatable bonds is 7. The lowest BCUT2D eigenvalue weighted by atomic mass is 9.84. The Bertz CT molecular complexity index is 1170. The zero-order chi connectivity index (χ0) is 23.1. The van der Waals surface area contributed by atoms with Crippen molar-refractivity contribution in [3.63, 3.8) is 0 Å². The average molecular weight is 542 g/mol. The maximum Gasteiger partial charge on any atom is 0.234 e. The van der Waals surface area contributed by atoms with Crippen molar-refractivity contribution in [3.8, 4) is 10.7 Å². The number of halogens is 3. The van der Waals surface area contributed by atoms with Gasteiger partial charge in [-0.1, -0.05) is 59.1 Å². The lowest BCUT2D eigenvalue weighted by Crippen LogP contribution is -2.23. The molecule has 2 aliphatic rings. The van der Waals surface area contributed by atoms with Gasteiger partial charge in [0.15, 0.2) is 11.0 Å². The number of hydrogen-bond donors (Lipinski definition) is 1. The highest BCUT2D eigenvalue weighted by Crippen LogP contribution is 2.53. The summed E-state index contributed by atoms with van der Waals surface area (Å²) in [5, 5.41) is 15.7. The highest BCUT2D eigenvalue weighted by molar-refractivity contribution is 7.99. The van der Waals surface area contributed by atoms with E-state index in [0.29, 0.717) is 26.7 Å². The van der Waals surface area contributed by atoms with Crippen molar-refractivity contribution in [1.82, 2.24) is 14.8 Å². The number of benzene rings is 1. The summed E-state index contributed by atoms with van der Waals surface area (Å²) in [5.74, 6) is 3.14. The zero-order valence-corrected chi connectivity index (χ0v) is 21.8. The third-order valence-corrected chi connectivity index (χ3v) is 9.69. The van der Waals surface area contributed by atoms with Crippen LogP contribution in [0.15, 0.2) is 34.8 Å². The summed E-state index contributed by atoms with van der Waals surface area (Å²) in [6.45, 7) is 2.28. The fourth-order valence-corrected chi connectivity index (χ4v) is 7.45. The molecule has 10 heteroatoms. The largest absolute Gasteiger partial charge is 0.324 e. The van der Waals surface area contributed by atoms with E-state index in [9.17, 15) is 4.79 Å². The van der Waals surface area contributed by atoms with E-state index >= 15 is 0 Å². The second kappa shape index (κ2) is 9.78. The Hall–Kier alpha value is -1.25. The van der Waals surface area contributed by atoms with Crippen molar-refractivity contribution in [2.75, 3.05) is 11.1 Å². The third kappa shape index (κ3) is 4.80. The van der Waals surface area contributed by atoms with Gasteiger partial charge in [-0.25, -0.2) is 0 Å². The first-order valence-corrected chi connectivity index (χ1v) is 14.0. The molecule has 2 fully saturated rings. The van der Waals surface area contributed by atoms with Gasteiger partial charge in [-0.3, -0.25) is 9.36 Å².